The zero-order chi connectivity index (χ0) is 12.0. The monoisotopic (exact) mass is 223 g/mol. The fourth-order valence-electron chi connectivity index (χ4n) is 1.77. The summed E-state index contributed by atoms with van der Waals surface area (Å²) >= 11 is 0. The molecule has 0 radical (unpaired) electrons. The number of carbonyl (C=O) groups excluding carboxylic acids is 1. The van der Waals surface area contributed by atoms with Gasteiger partial charge in [-0.15, -0.1) is 6.42 Å². The van der Waals surface area contributed by atoms with E-state index in [1.165, 1.54) is 6.42 Å². The van der Waals surface area contributed by atoms with E-state index in [9.17, 15) is 4.79 Å². The Balaban J connectivity index is 2.22. The molecule has 1 unspecified atom stereocenters. The first-order chi connectivity index (χ1) is 7.53. The second-order valence-corrected chi connectivity index (χ2v) is 4.84. The van der Waals surface area contributed by atoms with Crippen LogP contribution in [0.15, 0.2) is 0 Å². The summed E-state index contributed by atoms with van der Waals surface area (Å²) in [6.07, 6.45) is 10.3. The Kier molecular flexibility index (Phi) is 4.82. The van der Waals surface area contributed by atoms with Crippen LogP contribution in [0.3, 0.4) is 0 Å². The molecule has 1 amide bonds. The van der Waals surface area contributed by atoms with Gasteiger partial charge in [-0.1, -0.05) is 5.92 Å². The van der Waals surface area contributed by atoms with Crippen molar-refractivity contribution >= 4 is 5.91 Å². The Morgan fingerprint density at radius 2 is 2.31 bits per heavy atom. The van der Waals surface area contributed by atoms with Crippen LogP contribution in [0.4, 0.5) is 0 Å². The number of hydrogen-bond donors (Lipinski definition) is 1. The number of terminal acetylenes is 1. The summed E-state index contributed by atoms with van der Waals surface area (Å²) in [6, 6.07) is 0. The highest BCUT2D eigenvalue weighted by molar-refractivity contribution is 5.77. The van der Waals surface area contributed by atoms with Crippen LogP contribution in [-0.4, -0.2) is 24.2 Å². The molecule has 1 saturated heterocycles. The normalized spacial score (nSPS) is 21.2. The molecule has 1 heterocycles. The Labute approximate surface area is 97.9 Å². The van der Waals surface area contributed by atoms with Crippen LogP contribution in [0, 0.1) is 12.3 Å². The number of hydrogen-bond acceptors (Lipinski definition) is 2. The maximum Gasteiger partial charge on any atom is 0.221 e. The molecule has 90 valence electrons. The highest BCUT2D eigenvalue weighted by Crippen LogP contribution is 2.17. The van der Waals surface area contributed by atoms with Crippen LogP contribution < -0.4 is 5.32 Å². The summed E-state index contributed by atoms with van der Waals surface area (Å²) in [5.41, 5.74) is -0.551. The largest absolute Gasteiger partial charge is 0.378 e. The lowest BCUT2D eigenvalue weighted by Gasteiger charge is -2.23. The van der Waals surface area contributed by atoms with E-state index in [-0.39, 0.29) is 12.0 Å². The summed E-state index contributed by atoms with van der Waals surface area (Å²) in [6.45, 7) is 4.48. The SMILES string of the molecule is C#CC(C)(C)NC(=O)CCC1CCCCO1. The molecule has 1 fully saturated rings. The maximum atomic E-state index is 11.6. The molecule has 0 aromatic heterocycles. The minimum atomic E-state index is -0.551. The van der Waals surface area contributed by atoms with Gasteiger partial charge in [0.15, 0.2) is 0 Å². The number of rotatable bonds is 4. The van der Waals surface area contributed by atoms with Crippen molar-refractivity contribution in [2.75, 3.05) is 6.61 Å². The molecule has 0 aromatic carbocycles. The standard InChI is InChI=1S/C13H21NO2/c1-4-13(2,3)14-12(15)9-8-11-7-5-6-10-16-11/h1,11H,5-10H2,2-3H3,(H,14,15). The highest BCUT2D eigenvalue weighted by Gasteiger charge is 2.19. The zero-order valence-electron chi connectivity index (χ0n) is 10.2. The van der Waals surface area contributed by atoms with Gasteiger partial charge in [0.05, 0.1) is 11.6 Å². The molecule has 1 atom stereocenters. The van der Waals surface area contributed by atoms with Crippen LogP contribution in [0.2, 0.25) is 0 Å². The second-order valence-electron chi connectivity index (χ2n) is 4.84. The van der Waals surface area contributed by atoms with Crippen LogP contribution in [0.25, 0.3) is 0 Å². The third-order valence-corrected chi connectivity index (χ3v) is 2.78. The summed E-state index contributed by atoms with van der Waals surface area (Å²) in [5.74, 6) is 2.56. The lowest BCUT2D eigenvalue weighted by atomic mass is 10.0. The van der Waals surface area contributed by atoms with Crippen LogP contribution in [-0.2, 0) is 9.53 Å². The average Bonchev–Trinajstić information content (AvgIpc) is 2.27. The minimum absolute atomic E-state index is 0.0112. The molecule has 0 bridgehead atoms. The fourth-order valence-corrected chi connectivity index (χ4v) is 1.77. The lowest BCUT2D eigenvalue weighted by Crippen LogP contribution is -2.42. The summed E-state index contributed by atoms with van der Waals surface area (Å²) < 4.78 is 5.56. The van der Waals surface area contributed by atoms with Gasteiger partial charge in [0.25, 0.3) is 0 Å². The van der Waals surface area contributed by atoms with Gasteiger partial charge >= 0.3 is 0 Å². The minimum Gasteiger partial charge on any atom is -0.378 e. The third-order valence-electron chi connectivity index (χ3n) is 2.78. The van der Waals surface area contributed by atoms with E-state index in [0.29, 0.717) is 6.42 Å². The fraction of sp³-hybridized carbons (Fsp3) is 0.769. The van der Waals surface area contributed by atoms with Gasteiger partial charge in [-0.3, -0.25) is 4.79 Å². The van der Waals surface area contributed by atoms with Crippen molar-refractivity contribution in [3.63, 3.8) is 0 Å². The number of carbonyl (C=O) groups is 1. The number of ether oxygens (including phenoxy) is 1. The molecule has 1 aliphatic rings. The smallest absolute Gasteiger partial charge is 0.221 e. The third kappa shape index (κ3) is 4.67. The molecule has 0 aliphatic carbocycles. The Bertz CT molecular complexity index is 272. The predicted octanol–water partition coefficient (Wildman–Crippen LogP) is 1.86. The summed E-state index contributed by atoms with van der Waals surface area (Å²) in [7, 11) is 0. The average molecular weight is 223 g/mol. The van der Waals surface area contributed by atoms with Gasteiger partial charge < -0.3 is 10.1 Å². The predicted molar refractivity (Wildman–Crippen MR) is 63.9 cm³/mol. The molecule has 16 heavy (non-hydrogen) atoms. The van der Waals surface area contributed by atoms with E-state index in [2.05, 4.69) is 11.2 Å². The van der Waals surface area contributed by atoms with Crippen molar-refractivity contribution in [1.29, 1.82) is 0 Å². The molecule has 0 saturated carbocycles. The van der Waals surface area contributed by atoms with E-state index in [4.69, 9.17) is 11.2 Å². The highest BCUT2D eigenvalue weighted by atomic mass is 16.5. The summed E-state index contributed by atoms with van der Waals surface area (Å²) in [5, 5.41) is 2.81. The van der Waals surface area contributed by atoms with Gasteiger partial charge in [0, 0.05) is 13.0 Å². The molecule has 0 spiro atoms. The Morgan fingerprint density at radius 3 is 2.88 bits per heavy atom. The van der Waals surface area contributed by atoms with Crippen LogP contribution in [0.1, 0.15) is 46.0 Å². The van der Waals surface area contributed by atoms with E-state index >= 15 is 0 Å². The zero-order valence-corrected chi connectivity index (χ0v) is 10.2. The van der Waals surface area contributed by atoms with Crippen molar-refractivity contribution in [2.45, 2.75) is 57.6 Å². The van der Waals surface area contributed by atoms with E-state index in [1.54, 1.807) is 0 Å². The molecular weight excluding hydrogens is 202 g/mol. The Morgan fingerprint density at radius 1 is 1.56 bits per heavy atom. The molecule has 3 heteroatoms. The van der Waals surface area contributed by atoms with Crippen LogP contribution >= 0.6 is 0 Å². The van der Waals surface area contributed by atoms with E-state index in [0.717, 1.165) is 25.9 Å². The van der Waals surface area contributed by atoms with Crippen molar-refractivity contribution in [3.05, 3.63) is 0 Å². The maximum absolute atomic E-state index is 11.6. The van der Waals surface area contributed by atoms with Crippen molar-refractivity contribution < 1.29 is 9.53 Å². The van der Waals surface area contributed by atoms with Crippen molar-refractivity contribution in [3.8, 4) is 12.3 Å². The molecule has 1 N–H and O–H groups in total. The van der Waals surface area contributed by atoms with Gasteiger partial charge in [-0.05, 0) is 39.5 Å². The van der Waals surface area contributed by atoms with Crippen molar-refractivity contribution in [2.24, 2.45) is 0 Å². The first-order valence-electron chi connectivity index (χ1n) is 5.94. The first-order valence-corrected chi connectivity index (χ1v) is 5.94. The molecular formula is C13H21NO2. The van der Waals surface area contributed by atoms with Gasteiger partial charge in [-0.2, -0.15) is 0 Å². The lowest BCUT2D eigenvalue weighted by molar-refractivity contribution is -0.123. The van der Waals surface area contributed by atoms with E-state index in [1.807, 2.05) is 13.8 Å². The second kappa shape index (κ2) is 5.91. The Hall–Kier alpha value is -1.01. The van der Waals surface area contributed by atoms with Crippen molar-refractivity contribution in [1.82, 2.24) is 5.32 Å². The number of nitrogens with one attached hydrogen (secondary N) is 1. The van der Waals surface area contributed by atoms with Gasteiger partial charge in [0.2, 0.25) is 5.91 Å². The molecule has 3 nitrogen and oxygen atoms in total. The molecule has 0 aromatic rings. The quantitative estimate of drug-likeness (QED) is 0.739. The topological polar surface area (TPSA) is 38.3 Å². The van der Waals surface area contributed by atoms with Gasteiger partial charge in [0.1, 0.15) is 0 Å². The van der Waals surface area contributed by atoms with Gasteiger partial charge in [-0.25, -0.2) is 0 Å². The van der Waals surface area contributed by atoms with Crippen LogP contribution in [0.5, 0.6) is 0 Å². The molecule has 1 rings (SSSR count). The van der Waals surface area contributed by atoms with E-state index < -0.39 is 5.54 Å². The molecule has 1 aliphatic heterocycles. The summed E-state index contributed by atoms with van der Waals surface area (Å²) in [4.78, 5) is 11.6. The first kappa shape index (κ1) is 13.1. The number of amides is 1.